The fourth-order valence-electron chi connectivity index (χ4n) is 1.20. The summed E-state index contributed by atoms with van der Waals surface area (Å²) in [6.07, 6.45) is 0. The summed E-state index contributed by atoms with van der Waals surface area (Å²) >= 11 is 0. The number of hydrogen-bond acceptors (Lipinski definition) is 3. The fourth-order valence-corrected chi connectivity index (χ4v) is 2.65. The van der Waals surface area contributed by atoms with Crippen LogP contribution in [0, 0.1) is 6.92 Å². The molecular weight excluding hydrogens is 230 g/mol. The largest absolute Gasteiger partial charge is 0.480 e. The van der Waals surface area contributed by atoms with Crippen molar-refractivity contribution in [2.75, 3.05) is 0 Å². The van der Waals surface area contributed by atoms with Crippen LogP contribution >= 0.6 is 0 Å². The minimum atomic E-state index is -3.77. The van der Waals surface area contributed by atoms with Crippen molar-refractivity contribution in [2.24, 2.45) is 0 Å². The van der Waals surface area contributed by atoms with Gasteiger partial charge in [-0.2, -0.15) is 4.72 Å². The highest BCUT2D eigenvalue weighted by atomic mass is 32.2. The van der Waals surface area contributed by atoms with Gasteiger partial charge in [-0.3, -0.25) is 4.79 Å². The summed E-state index contributed by atoms with van der Waals surface area (Å²) in [5.74, 6) is -1.21. The maximum absolute atomic E-state index is 11.8. The summed E-state index contributed by atoms with van der Waals surface area (Å²) in [6.45, 7) is 2.93. The van der Waals surface area contributed by atoms with Crippen LogP contribution in [0.4, 0.5) is 0 Å². The Balaban J connectivity index is 3.04. The summed E-state index contributed by atoms with van der Waals surface area (Å²) in [7, 11) is -3.77. The molecule has 1 unspecified atom stereocenters. The van der Waals surface area contributed by atoms with Gasteiger partial charge in [-0.15, -0.1) is 0 Å². The van der Waals surface area contributed by atoms with E-state index in [1.807, 2.05) is 0 Å². The van der Waals surface area contributed by atoms with Crippen molar-refractivity contribution in [3.8, 4) is 0 Å². The van der Waals surface area contributed by atoms with Crippen LogP contribution in [-0.4, -0.2) is 25.5 Å². The van der Waals surface area contributed by atoms with Crippen molar-refractivity contribution in [3.05, 3.63) is 29.8 Å². The number of nitrogens with one attached hydrogen (secondary N) is 1. The molecule has 88 valence electrons. The normalized spacial score (nSPS) is 13.4. The second-order valence-electron chi connectivity index (χ2n) is 3.45. The number of sulfonamides is 1. The predicted octanol–water partition coefficient (Wildman–Crippen LogP) is 0.746. The van der Waals surface area contributed by atoms with Gasteiger partial charge in [0.15, 0.2) is 0 Å². The van der Waals surface area contributed by atoms with E-state index in [9.17, 15) is 13.2 Å². The van der Waals surface area contributed by atoms with E-state index in [1.54, 1.807) is 25.1 Å². The number of carboxylic acids is 1. The summed E-state index contributed by atoms with van der Waals surface area (Å²) in [6, 6.07) is 5.25. The zero-order valence-electron chi connectivity index (χ0n) is 8.97. The Morgan fingerprint density at radius 3 is 2.44 bits per heavy atom. The van der Waals surface area contributed by atoms with Gasteiger partial charge < -0.3 is 5.11 Å². The van der Waals surface area contributed by atoms with E-state index in [0.29, 0.717) is 5.56 Å². The standard InChI is InChI=1S/C10H13NO4S/c1-7-5-3-4-6-9(7)16(14,15)11-8(2)10(12)13/h3-6,8,11H,1-2H3,(H,12,13). The van der Waals surface area contributed by atoms with E-state index < -0.39 is 22.0 Å². The lowest BCUT2D eigenvalue weighted by Crippen LogP contribution is -2.38. The first-order chi connectivity index (χ1) is 7.34. The zero-order chi connectivity index (χ0) is 12.3. The van der Waals surface area contributed by atoms with Gasteiger partial charge in [-0.1, -0.05) is 18.2 Å². The maximum atomic E-state index is 11.8. The molecule has 0 saturated heterocycles. The van der Waals surface area contributed by atoms with Crippen molar-refractivity contribution < 1.29 is 18.3 Å². The average Bonchev–Trinajstić information content (AvgIpc) is 2.17. The van der Waals surface area contributed by atoms with Crippen LogP contribution in [0.1, 0.15) is 12.5 Å². The minimum Gasteiger partial charge on any atom is -0.480 e. The quantitative estimate of drug-likeness (QED) is 0.817. The summed E-state index contributed by atoms with van der Waals surface area (Å²) in [4.78, 5) is 10.7. The molecule has 0 aliphatic rings. The lowest BCUT2D eigenvalue weighted by atomic mass is 10.2. The lowest BCUT2D eigenvalue weighted by molar-refractivity contribution is -0.138. The Kier molecular flexibility index (Phi) is 3.66. The van der Waals surface area contributed by atoms with Gasteiger partial charge in [-0.05, 0) is 25.5 Å². The molecule has 1 aromatic carbocycles. The molecule has 0 amide bonds. The number of hydrogen-bond donors (Lipinski definition) is 2. The van der Waals surface area contributed by atoms with E-state index >= 15 is 0 Å². The minimum absolute atomic E-state index is 0.100. The van der Waals surface area contributed by atoms with Crippen LogP contribution < -0.4 is 4.72 Å². The van der Waals surface area contributed by atoms with Crippen molar-refractivity contribution in [2.45, 2.75) is 24.8 Å². The molecule has 0 heterocycles. The van der Waals surface area contributed by atoms with Crippen LogP contribution in [0.2, 0.25) is 0 Å². The van der Waals surface area contributed by atoms with Crippen LogP contribution in [0.25, 0.3) is 0 Å². The van der Waals surface area contributed by atoms with Gasteiger partial charge in [-0.25, -0.2) is 8.42 Å². The van der Waals surface area contributed by atoms with Gasteiger partial charge in [0.25, 0.3) is 0 Å². The SMILES string of the molecule is Cc1ccccc1S(=O)(=O)NC(C)C(=O)O. The van der Waals surface area contributed by atoms with Gasteiger partial charge >= 0.3 is 5.97 Å². The molecule has 6 heteroatoms. The molecule has 0 bridgehead atoms. The van der Waals surface area contributed by atoms with E-state index in [-0.39, 0.29) is 4.90 Å². The van der Waals surface area contributed by atoms with E-state index in [4.69, 9.17) is 5.11 Å². The topological polar surface area (TPSA) is 83.5 Å². The van der Waals surface area contributed by atoms with Crippen LogP contribution in [0.3, 0.4) is 0 Å². The third kappa shape index (κ3) is 2.80. The Labute approximate surface area is 94.2 Å². The van der Waals surface area contributed by atoms with Crippen molar-refractivity contribution in [1.82, 2.24) is 4.72 Å². The zero-order valence-corrected chi connectivity index (χ0v) is 9.78. The number of benzene rings is 1. The fraction of sp³-hybridized carbons (Fsp3) is 0.300. The number of rotatable bonds is 4. The second-order valence-corrected chi connectivity index (χ2v) is 5.13. The maximum Gasteiger partial charge on any atom is 0.321 e. The highest BCUT2D eigenvalue weighted by Crippen LogP contribution is 2.14. The molecule has 1 aromatic rings. The monoisotopic (exact) mass is 243 g/mol. The first-order valence-corrected chi connectivity index (χ1v) is 6.13. The van der Waals surface area contributed by atoms with Gasteiger partial charge in [0.1, 0.15) is 6.04 Å². The lowest BCUT2D eigenvalue weighted by Gasteiger charge is -2.11. The smallest absolute Gasteiger partial charge is 0.321 e. The van der Waals surface area contributed by atoms with Crippen molar-refractivity contribution in [1.29, 1.82) is 0 Å². The highest BCUT2D eigenvalue weighted by Gasteiger charge is 2.22. The summed E-state index contributed by atoms with van der Waals surface area (Å²) < 4.78 is 25.7. The molecule has 0 aliphatic heterocycles. The van der Waals surface area contributed by atoms with Gasteiger partial charge in [0, 0.05) is 0 Å². The number of aryl methyl sites for hydroxylation is 1. The predicted molar refractivity (Wildman–Crippen MR) is 58.6 cm³/mol. The number of carboxylic acid groups (broad SMARTS) is 1. The third-order valence-electron chi connectivity index (χ3n) is 2.09. The molecule has 2 N–H and O–H groups in total. The molecule has 16 heavy (non-hydrogen) atoms. The molecular formula is C10H13NO4S. The molecule has 0 aromatic heterocycles. The molecule has 0 fully saturated rings. The molecule has 1 atom stereocenters. The first kappa shape index (κ1) is 12.7. The van der Waals surface area contributed by atoms with Crippen LogP contribution in [0.5, 0.6) is 0 Å². The molecule has 0 saturated carbocycles. The van der Waals surface area contributed by atoms with Crippen LogP contribution in [-0.2, 0) is 14.8 Å². The van der Waals surface area contributed by atoms with E-state index in [2.05, 4.69) is 4.72 Å². The molecule has 0 spiro atoms. The van der Waals surface area contributed by atoms with Gasteiger partial charge in [0.05, 0.1) is 4.90 Å². The van der Waals surface area contributed by atoms with Crippen molar-refractivity contribution in [3.63, 3.8) is 0 Å². The van der Waals surface area contributed by atoms with Gasteiger partial charge in [0.2, 0.25) is 10.0 Å². The summed E-state index contributed by atoms with van der Waals surface area (Å²) in [5, 5.41) is 8.63. The molecule has 0 radical (unpaired) electrons. The number of carbonyl (C=O) groups is 1. The molecule has 1 rings (SSSR count). The van der Waals surface area contributed by atoms with Crippen LogP contribution in [0.15, 0.2) is 29.2 Å². The Morgan fingerprint density at radius 1 is 1.38 bits per heavy atom. The number of aliphatic carboxylic acids is 1. The van der Waals surface area contributed by atoms with Crippen molar-refractivity contribution >= 4 is 16.0 Å². The Hall–Kier alpha value is -1.40. The third-order valence-corrected chi connectivity index (χ3v) is 3.79. The Bertz CT molecular complexity index is 495. The molecule has 0 aliphatic carbocycles. The average molecular weight is 243 g/mol. The van der Waals surface area contributed by atoms with E-state index in [0.717, 1.165) is 0 Å². The second kappa shape index (κ2) is 4.63. The van der Waals surface area contributed by atoms with E-state index in [1.165, 1.54) is 13.0 Å². The highest BCUT2D eigenvalue weighted by molar-refractivity contribution is 7.89. The summed E-state index contributed by atoms with van der Waals surface area (Å²) in [5.41, 5.74) is 0.576. The molecule has 5 nitrogen and oxygen atoms in total. The Morgan fingerprint density at radius 2 is 1.94 bits per heavy atom. The first-order valence-electron chi connectivity index (χ1n) is 4.65.